The molecular weight excluding hydrogens is 220 g/mol. The fourth-order valence-electron chi connectivity index (χ4n) is 0.992. The first-order chi connectivity index (χ1) is 6.79. The van der Waals surface area contributed by atoms with Crippen molar-refractivity contribution in [2.24, 2.45) is 0 Å². The van der Waals surface area contributed by atoms with Gasteiger partial charge in [0.25, 0.3) is 0 Å². The molecule has 0 N–H and O–H groups in total. The molecule has 0 aliphatic rings. The summed E-state index contributed by atoms with van der Waals surface area (Å²) in [4.78, 5) is 10.7. The summed E-state index contributed by atoms with van der Waals surface area (Å²) in [5, 5.41) is 0.432. The second kappa shape index (κ2) is 5.94. The van der Waals surface area contributed by atoms with Gasteiger partial charge in [0.05, 0.1) is 17.2 Å². The quantitative estimate of drug-likeness (QED) is 0.575. The molecule has 0 radical (unpaired) electrons. The van der Waals surface area contributed by atoms with Gasteiger partial charge in [0.1, 0.15) is 5.75 Å². The lowest BCUT2D eigenvalue weighted by molar-refractivity contribution is 0.112. The predicted octanol–water partition coefficient (Wildman–Crippen LogP) is 2.89. The molecule has 0 unspecified atom stereocenters. The summed E-state index contributed by atoms with van der Waals surface area (Å²) in [6.45, 7) is 0.586. The minimum atomic E-state index is 0.426. The van der Waals surface area contributed by atoms with Crippen LogP contribution < -0.4 is 4.74 Å². The van der Waals surface area contributed by atoms with Gasteiger partial charge in [-0.1, -0.05) is 17.7 Å². The molecule has 0 aliphatic heterocycles. The van der Waals surface area contributed by atoms with Gasteiger partial charge in [-0.15, -0.1) is 0 Å². The largest absolute Gasteiger partial charge is 0.492 e. The molecule has 0 bridgehead atoms. The molecular formula is C10H11ClO2S. The Balaban J connectivity index is 2.75. The van der Waals surface area contributed by atoms with Gasteiger partial charge < -0.3 is 4.74 Å². The highest BCUT2D eigenvalue weighted by atomic mass is 35.5. The Bertz CT molecular complexity index is 315. The first-order valence-electron chi connectivity index (χ1n) is 4.15. The molecule has 0 aliphatic carbocycles. The molecule has 0 amide bonds. The minimum Gasteiger partial charge on any atom is -0.492 e. The van der Waals surface area contributed by atoms with E-state index in [0.717, 1.165) is 12.0 Å². The van der Waals surface area contributed by atoms with Crippen molar-refractivity contribution in [3.63, 3.8) is 0 Å². The smallest absolute Gasteiger partial charge is 0.155 e. The number of halogens is 1. The fraction of sp³-hybridized carbons (Fsp3) is 0.300. The van der Waals surface area contributed by atoms with Crippen molar-refractivity contribution in [2.45, 2.75) is 0 Å². The zero-order chi connectivity index (χ0) is 10.4. The van der Waals surface area contributed by atoms with Crippen LogP contribution in [0.2, 0.25) is 5.02 Å². The summed E-state index contributed by atoms with van der Waals surface area (Å²) < 4.78 is 5.41. The Labute approximate surface area is 92.6 Å². The van der Waals surface area contributed by atoms with Crippen molar-refractivity contribution >= 4 is 29.6 Å². The number of carbonyl (C=O) groups excluding carboxylic acids is 1. The number of thioether (sulfide) groups is 1. The fourth-order valence-corrected chi connectivity index (χ4v) is 1.45. The molecule has 0 saturated carbocycles. The standard InChI is InChI=1S/C10H11ClO2S/c1-14-6-5-13-10-4-2-3-9(11)8(10)7-12/h2-4,7H,5-6H2,1H3. The van der Waals surface area contributed by atoms with Crippen LogP contribution in [-0.4, -0.2) is 24.9 Å². The van der Waals surface area contributed by atoms with E-state index in [9.17, 15) is 4.79 Å². The van der Waals surface area contributed by atoms with Gasteiger partial charge >= 0.3 is 0 Å². The maximum atomic E-state index is 10.7. The molecule has 0 heterocycles. The van der Waals surface area contributed by atoms with Crippen LogP contribution in [0, 0.1) is 0 Å². The third kappa shape index (κ3) is 2.93. The zero-order valence-corrected chi connectivity index (χ0v) is 9.40. The maximum Gasteiger partial charge on any atom is 0.155 e. The average molecular weight is 231 g/mol. The van der Waals surface area contributed by atoms with Gasteiger partial charge in [-0.3, -0.25) is 4.79 Å². The molecule has 4 heteroatoms. The Hall–Kier alpha value is -0.670. The monoisotopic (exact) mass is 230 g/mol. The van der Waals surface area contributed by atoms with Crippen LogP contribution in [0.1, 0.15) is 10.4 Å². The normalized spacial score (nSPS) is 9.86. The highest BCUT2D eigenvalue weighted by molar-refractivity contribution is 7.98. The van der Waals surface area contributed by atoms with Gasteiger partial charge in [-0.05, 0) is 18.4 Å². The zero-order valence-electron chi connectivity index (χ0n) is 7.83. The molecule has 14 heavy (non-hydrogen) atoms. The first-order valence-corrected chi connectivity index (χ1v) is 5.92. The average Bonchev–Trinajstić information content (AvgIpc) is 2.18. The Kier molecular flexibility index (Phi) is 4.84. The van der Waals surface area contributed by atoms with Crippen LogP contribution in [0.5, 0.6) is 5.75 Å². The van der Waals surface area contributed by atoms with E-state index in [-0.39, 0.29) is 0 Å². The number of carbonyl (C=O) groups is 1. The second-order valence-electron chi connectivity index (χ2n) is 2.61. The summed E-state index contributed by atoms with van der Waals surface area (Å²) in [6.07, 6.45) is 2.72. The van der Waals surface area contributed by atoms with Crippen molar-refractivity contribution in [1.82, 2.24) is 0 Å². The van der Waals surface area contributed by atoms with Gasteiger partial charge in [0.15, 0.2) is 6.29 Å². The first kappa shape index (κ1) is 11.4. The lowest BCUT2D eigenvalue weighted by atomic mass is 10.2. The molecule has 1 rings (SSSR count). The van der Waals surface area contributed by atoms with Crippen LogP contribution in [0.15, 0.2) is 18.2 Å². The van der Waals surface area contributed by atoms with Crippen LogP contribution >= 0.6 is 23.4 Å². The van der Waals surface area contributed by atoms with Gasteiger partial charge in [-0.2, -0.15) is 11.8 Å². The molecule has 2 nitrogen and oxygen atoms in total. The topological polar surface area (TPSA) is 26.3 Å². The molecule has 0 aromatic heterocycles. The highest BCUT2D eigenvalue weighted by Crippen LogP contribution is 2.24. The van der Waals surface area contributed by atoms with Crippen molar-refractivity contribution in [3.8, 4) is 5.75 Å². The Morgan fingerprint density at radius 3 is 3.00 bits per heavy atom. The molecule has 1 aromatic carbocycles. The van der Waals surface area contributed by atoms with E-state index in [4.69, 9.17) is 16.3 Å². The number of hydrogen-bond acceptors (Lipinski definition) is 3. The van der Waals surface area contributed by atoms with Crippen LogP contribution in [0.25, 0.3) is 0 Å². The number of aldehydes is 1. The number of ether oxygens (including phenoxy) is 1. The number of rotatable bonds is 5. The lowest BCUT2D eigenvalue weighted by Crippen LogP contribution is -2.02. The van der Waals surface area contributed by atoms with Crippen molar-refractivity contribution in [2.75, 3.05) is 18.6 Å². The van der Waals surface area contributed by atoms with Crippen molar-refractivity contribution < 1.29 is 9.53 Å². The predicted molar refractivity (Wildman–Crippen MR) is 60.7 cm³/mol. The molecule has 0 atom stereocenters. The van der Waals surface area contributed by atoms with Gasteiger partial charge in [-0.25, -0.2) is 0 Å². The van der Waals surface area contributed by atoms with Crippen molar-refractivity contribution in [3.05, 3.63) is 28.8 Å². The van der Waals surface area contributed by atoms with Crippen molar-refractivity contribution in [1.29, 1.82) is 0 Å². The molecule has 0 fully saturated rings. The van der Waals surface area contributed by atoms with Crippen LogP contribution in [-0.2, 0) is 0 Å². The summed E-state index contributed by atoms with van der Waals surface area (Å²) in [7, 11) is 0. The summed E-state index contributed by atoms with van der Waals surface area (Å²) in [5.74, 6) is 1.45. The molecule has 0 saturated heterocycles. The van der Waals surface area contributed by atoms with E-state index in [1.165, 1.54) is 0 Å². The summed E-state index contributed by atoms with van der Waals surface area (Å²) >= 11 is 7.52. The molecule has 0 spiro atoms. The second-order valence-corrected chi connectivity index (χ2v) is 4.00. The van der Waals surface area contributed by atoms with E-state index < -0.39 is 0 Å². The SMILES string of the molecule is CSCCOc1cccc(Cl)c1C=O. The Morgan fingerprint density at radius 2 is 2.36 bits per heavy atom. The van der Waals surface area contributed by atoms with Gasteiger partial charge in [0.2, 0.25) is 0 Å². The third-order valence-corrected chi connectivity index (χ3v) is 2.58. The maximum absolute atomic E-state index is 10.7. The van der Waals surface area contributed by atoms with E-state index in [1.54, 1.807) is 30.0 Å². The van der Waals surface area contributed by atoms with E-state index >= 15 is 0 Å². The summed E-state index contributed by atoms with van der Waals surface area (Å²) in [6, 6.07) is 5.19. The lowest BCUT2D eigenvalue weighted by Gasteiger charge is -2.07. The third-order valence-electron chi connectivity index (χ3n) is 1.68. The summed E-state index contributed by atoms with van der Waals surface area (Å²) in [5.41, 5.74) is 0.426. The highest BCUT2D eigenvalue weighted by Gasteiger charge is 2.06. The number of benzene rings is 1. The minimum absolute atomic E-state index is 0.426. The number of hydrogen-bond donors (Lipinski definition) is 0. The Morgan fingerprint density at radius 1 is 1.57 bits per heavy atom. The van der Waals surface area contributed by atoms with Crippen LogP contribution in [0.4, 0.5) is 0 Å². The van der Waals surface area contributed by atoms with E-state index in [1.807, 2.05) is 6.26 Å². The van der Waals surface area contributed by atoms with E-state index in [0.29, 0.717) is 22.9 Å². The van der Waals surface area contributed by atoms with Gasteiger partial charge in [0, 0.05) is 5.75 Å². The van der Waals surface area contributed by atoms with E-state index in [2.05, 4.69) is 0 Å². The molecule has 1 aromatic rings. The molecule has 76 valence electrons. The van der Waals surface area contributed by atoms with Crippen LogP contribution in [0.3, 0.4) is 0 Å².